The van der Waals surface area contributed by atoms with Gasteiger partial charge in [-0.05, 0) is 17.7 Å². The van der Waals surface area contributed by atoms with E-state index in [1.54, 1.807) is 6.07 Å². The van der Waals surface area contributed by atoms with Crippen LogP contribution >= 0.6 is 0 Å². The molecule has 14 heavy (non-hydrogen) atoms. The number of benzene rings is 1. The summed E-state index contributed by atoms with van der Waals surface area (Å²) in [6, 6.07) is 11.4. The summed E-state index contributed by atoms with van der Waals surface area (Å²) in [6.07, 6.45) is 0. The molecule has 1 rings (SSSR count). The van der Waals surface area contributed by atoms with Crippen LogP contribution in [-0.2, 0) is 0 Å². The monoisotopic (exact) mass is 185 g/mol. The molecule has 0 radical (unpaired) electrons. The molecule has 0 unspecified atom stereocenters. The highest BCUT2D eigenvalue weighted by Gasteiger charge is 2.09. The normalized spacial score (nSPS) is 9.21. The van der Waals surface area contributed by atoms with Gasteiger partial charge in [0.25, 0.3) is 0 Å². The molecule has 0 spiro atoms. The van der Waals surface area contributed by atoms with Gasteiger partial charge in [0.2, 0.25) is 0 Å². The zero-order chi connectivity index (χ0) is 10.6. The fraction of sp³-hybridized carbons (Fsp3) is 0.273. The zero-order valence-electron chi connectivity index (χ0n) is 8.23. The van der Waals surface area contributed by atoms with Gasteiger partial charge < -0.3 is 4.90 Å². The van der Waals surface area contributed by atoms with Crippen LogP contribution in [0, 0.1) is 22.7 Å². The van der Waals surface area contributed by atoms with Gasteiger partial charge in [-0.15, -0.1) is 0 Å². The third kappa shape index (κ3) is 2.02. The second-order valence-corrected chi connectivity index (χ2v) is 3.18. The standard InChI is InChI=1S/C11H11N3/c1-14(2)11-5-3-4-9(6-11)10(7-12)8-13/h3-6,10H,1-2H3. The Balaban J connectivity index is 3.07. The van der Waals surface area contributed by atoms with Crippen molar-refractivity contribution < 1.29 is 0 Å². The minimum atomic E-state index is -0.671. The molecule has 3 heteroatoms. The number of hydrogen-bond acceptors (Lipinski definition) is 3. The van der Waals surface area contributed by atoms with E-state index in [-0.39, 0.29) is 0 Å². The molecule has 0 N–H and O–H groups in total. The van der Waals surface area contributed by atoms with E-state index in [2.05, 4.69) is 0 Å². The first-order valence-electron chi connectivity index (χ1n) is 4.25. The number of nitriles is 2. The van der Waals surface area contributed by atoms with Crippen molar-refractivity contribution in [3.63, 3.8) is 0 Å². The number of hydrogen-bond donors (Lipinski definition) is 0. The molecule has 0 bridgehead atoms. The van der Waals surface area contributed by atoms with Crippen LogP contribution in [-0.4, -0.2) is 14.1 Å². The lowest BCUT2D eigenvalue weighted by atomic mass is 10.0. The zero-order valence-corrected chi connectivity index (χ0v) is 8.23. The molecular weight excluding hydrogens is 174 g/mol. The predicted molar refractivity (Wildman–Crippen MR) is 54.7 cm³/mol. The average Bonchev–Trinajstić information content (AvgIpc) is 2.20. The fourth-order valence-corrected chi connectivity index (χ4v) is 1.16. The second-order valence-electron chi connectivity index (χ2n) is 3.18. The van der Waals surface area contributed by atoms with Crippen molar-refractivity contribution in [3.05, 3.63) is 29.8 Å². The summed E-state index contributed by atoms with van der Waals surface area (Å²) in [4.78, 5) is 1.94. The fourth-order valence-electron chi connectivity index (χ4n) is 1.16. The van der Waals surface area contributed by atoms with E-state index in [9.17, 15) is 0 Å². The summed E-state index contributed by atoms with van der Waals surface area (Å²) < 4.78 is 0. The third-order valence-electron chi connectivity index (χ3n) is 1.98. The third-order valence-corrected chi connectivity index (χ3v) is 1.98. The molecule has 70 valence electrons. The molecule has 0 fully saturated rings. The number of rotatable bonds is 2. The van der Waals surface area contributed by atoms with E-state index in [1.165, 1.54) is 0 Å². The molecule has 0 atom stereocenters. The summed E-state index contributed by atoms with van der Waals surface area (Å²) in [7, 11) is 3.85. The molecule has 1 aromatic carbocycles. The van der Waals surface area contributed by atoms with Crippen molar-refractivity contribution in [2.24, 2.45) is 0 Å². The van der Waals surface area contributed by atoms with Crippen molar-refractivity contribution in [2.45, 2.75) is 5.92 Å². The van der Waals surface area contributed by atoms with Gasteiger partial charge in [-0.2, -0.15) is 10.5 Å². The van der Waals surface area contributed by atoms with E-state index in [1.807, 2.05) is 49.3 Å². The smallest absolute Gasteiger partial charge is 0.158 e. The van der Waals surface area contributed by atoms with Crippen LogP contribution in [0.1, 0.15) is 11.5 Å². The Hall–Kier alpha value is -2.00. The summed E-state index contributed by atoms with van der Waals surface area (Å²) in [5.74, 6) is -0.671. The molecule has 3 nitrogen and oxygen atoms in total. The molecule has 0 aliphatic heterocycles. The van der Waals surface area contributed by atoms with E-state index in [0.717, 1.165) is 11.3 Å². The van der Waals surface area contributed by atoms with Crippen LogP contribution in [0.25, 0.3) is 0 Å². The highest BCUT2D eigenvalue weighted by Crippen LogP contribution is 2.19. The summed E-state index contributed by atoms with van der Waals surface area (Å²) in [5, 5.41) is 17.4. The van der Waals surface area contributed by atoms with E-state index in [0.29, 0.717) is 0 Å². The summed E-state index contributed by atoms with van der Waals surface area (Å²) in [5.41, 5.74) is 1.75. The Labute approximate surface area is 83.8 Å². The maximum atomic E-state index is 8.72. The Morgan fingerprint density at radius 3 is 2.36 bits per heavy atom. The van der Waals surface area contributed by atoms with Crippen molar-refractivity contribution in [2.75, 3.05) is 19.0 Å². The largest absolute Gasteiger partial charge is 0.378 e. The molecule has 0 saturated carbocycles. The SMILES string of the molecule is CN(C)c1cccc(C(C#N)C#N)c1. The summed E-state index contributed by atoms with van der Waals surface area (Å²) in [6.45, 7) is 0. The van der Waals surface area contributed by atoms with E-state index in [4.69, 9.17) is 10.5 Å². The maximum Gasteiger partial charge on any atom is 0.158 e. The van der Waals surface area contributed by atoms with Gasteiger partial charge in [0, 0.05) is 19.8 Å². The van der Waals surface area contributed by atoms with Crippen molar-refractivity contribution in [3.8, 4) is 12.1 Å². The lowest BCUT2D eigenvalue weighted by Gasteiger charge is -2.13. The van der Waals surface area contributed by atoms with Gasteiger partial charge >= 0.3 is 0 Å². The van der Waals surface area contributed by atoms with Gasteiger partial charge in [0.15, 0.2) is 5.92 Å². The maximum absolute atomic E-state index is 8.72. The molecule has 0 aromatic heterocycles. The number of anilines is 1. The van der Waals surface area contributed by atoms with Crippen LogP contribution in [0.5, 0.6) is 0 Å². The topological polar surface area (TPSA) is 50.8 Å². The van der Waals surface area contributed by atoms with Gasteiger partial charge in [-0.1, -0.05) is 12.1 Å². The Kier molecular flexibility index (Phi) is 3.09. The minimum absolute atomic E-state index is 0.671. The molecule has 0 saturated heterocycles. The van der Waals surface area contributed by atoms with Crippen molar-refractivity contribution >= 4 is 5.69 Å². The van der Waals surface area contributed by atoms with Gasteiger partial charge in [-0.3, -0.25) is 0 Å². The van der Waals surface area contributed by atoms with Crippen LogP contribution in [0.4, 0.5) is 5.69 Å². The molecule has 1 aromatic rings. The van der Waals surface area contributed by atoms with Gasteiger partial charge in [0.1, 0.15) is 0 Å². The molecule has 0 aliphatic carbocycles. The van der Waals surface area contributed by atoms with Gasteiger partial charge in [0.05, 0.1) is 12.1 Å². The van der Waals surface area contributed by atoms with Gasteiger partial charge in [-0.25, -0.2) is 0 Å². The molecule has 0 aliphatic rings. The average molecular weight is 185 g/mol. The van der Waals surface area contributed by atoms with Crippen molar-refractivity contribution in [1.82, 2.24) is 0 Å². The van der Waals surface area contributed by atoms with Crippen LogP contribution in [0.15, 0.2) is 24.3 Å². The molecule has 0 heterocycles. The Bertz CT molecular complexity index is 382. The van der Waals surface area contributed by atoms with E-state index < -0.39 is 5.92 Å². The molecular formula is C11H11N3. The quantitative estimate of drug-likeness (QED) is 0.706. The first kappa shape index (κ1) is 10.1. The molecule has 0 amide bonds. The first-order chi connectivity index (χ1) is 6.69. The number of nitrogens with zero attached hydrogens (tertiary/aromatic N) is 3. The van der Waals surface area contributed by atoms with Crippen LogP contribution < -0.4 is 4.90 Å². The second kappa shape index (κ2) is 4.30. The lowest BCUT2D eigenvalue weighted by Crippen LogP contribution is -2.09. The Morgan fingerprint density at radius 2 is 1.86 bits per heavy atom. The van der Waals surface area contributed by atoms with E-state index >= 15 is 0 Å². The van der Waals surface area contributed by atoms with Crippen molar-refractivity contribution in [1.29, 1.82) is 10.5 Å². The van der Waals surface area contributed by atoms with Crippen LogP contribution in [0.2, 0.25) is 0 Å². The Morgan fingerprint density at radius 1 is 1.21 bits per heavy atom. The highest BCUT2D eigenvalue weighted by molar-refractivity contribution is 5.49. The lowest BCUT2D eigenvalue weighted by molar-refractivity contribution is 1.08. The van der Waals surface area contributed by atoms with Crippen LogP contribution in [0.3, 0.4) is 0 Å². The highest BCUT2D eigenvalue weighted by atomic mass is 15.1. The predicted octanol–water partition coefficient (Wildman–Crippen LogP) is 1.88. The minimum Gasteiger partial charge on any atom is -0.378 e. The first-order valence-corrected chi connectivity index (χ1v) is 4.25. The summed E-state index contributed by atoms with van der Waals surface area (Å²) >= 11 is 0.